The Balaban J connectivity index is 1.96. The Morgan fingerprint density at radius 1 is 0.842 bits per heavy atom. The summed E-state index contributed by atoms with van der Waals surface area (Å²) in [5.74, 6) is -1.26. The molecular formula is C29H23F7NO+. The van der Waals surface area contributed by atoms with Gasteiger partial charge in [0.15, 0.2) is 6.20 Å². The lowest BCUT2D eigenvalue weighted by Crippen LogP contribution is -2.31. The van der Waals surface area contributed by atoms with Gasteiger partial charge in [0.1, 0.15) is 24.0 Å². The second-order valence-corrected chi connectivity index (χ2v) is 9.98. The zero-order chi connectivity index (χ0) is 27.7. The van der Waals surface area contributed by atoms with Crippen LogP contribution in [-0.2, 0) is 25.8 Å². The van der Waals surface area contributed by atoms with Crippen molar-refractivity contribution in [3.05, 3.63) is 76.7 Å². The Labute approximate surface area is 213 Å². The first-order valence-corrected chi connectivity index (χ1v) is 11.9. The molecule has 5 rings (SSSR count). The lowest BCUT2D eigenvalue weighted by molar-refractivity contribution is -0.659. The molecule has 0 unspecified atom stereocenters. The van der Waals surface area contributed by atoms with Crippen LogP contribution in [0.2, 0.25) is 0 Å². The molecule has 0 atom stereocenters. The van der Waals surface area contributed by atoms with E-state index in [1.165, 1.54) is 6.92 Å². The van der Waals surface area contributed by atoms with E-state index in [0.717, 1.165) is 23.4 Å². The smallest absolute Gasteiger partial charge is 0.419 e. The first-order valence-electron chi connectivity index (χ1n) is 11.9. The third-order valence-corrected chi connectivity index (χ3v) is 6.86. The first-order chi connectivity index (χ1) is 17.7. The van der Waals surface area contributed by atoms with E-state index < -0.39 is 29.3 Å². The Morgan fingerprint density at radius 3 is 2.16 bits per heavy atom. The van der Waals surface area contributed by atoms with E-state index >= 15 is 0 Å². The van der Waals surface area contributed by atoms with E-state index in [1.54, 1.807) is 23.9 Å². The molecule has 0 radical (unpaired) electrons. The molecule has 2 heterocycles. The number of pyridine rings is 1. The number of halogens is 7. The van der Waals surface area contributed by atoms with Crippen LogP contribution in [0.5, 0.6) is 0 Å². The van der Waals surface area contributed by atoms with E-state index in [0.29, 0.717) is 29.1 Å². The van der Waals surface area contributed by atoms with Gasteiger partial charge in [-0.3, -0.25) is 0 Å². The highest BCUT2D eigenvalue weighted by Crippen LogP contribution is 2.46. The summed E-state index contributed by atoms with van der Waals surface area (Å²) >= 11 is 0. The number of rotatable bonds is 3. The van der Waals surface area contributed by atoms with E-state index in [-0.39, 0.29) is 33.1 Å². The summed E-state index contributed by atoms with van der Waals surface area (Å²) in [4.78, 5) is 0. The normalized spacial score (nSPS) is 12.9. The molecule has 0 amide bonds. The minimum Gasteiger partial charge on any atom is -0.455 e. The second-order valence-electron chi connectivity index (χ2n) is 9.98. The molecule has 2 nitrogen and oxygen atoms in total. The molecule has 2 aromatic heterocycles. The summed E-state index contributed by atoms with van der Waals surface area (Å²) < 4.78 is 105. The van der Waals surface area contributed by atoms with Crippen molar-refractivity contribution in [1.82, 2.24) is 0 Å². The predicted octanol–water partition coefficient (Wildman–Crippen LogP) is 8.91. The Morgan fingerprint density at radius 2 is 1.53 bits per heavy atom. The van der Waals surface area contributed by atoms with Crippen LogP contribution < -0.4 is 4.57 Å². The quantitative estimate of drug-likeness (QED) is 0.167. The molecular weight excluding hydrogens is 511 g/mol. The number of hydrogen-bond acceptors (Lipinski definition) is 1. The van der Waals surface area contributed by atoms with Crippen LogP contribution in [0, 0.1) is 18.7 Å². The molecule has 5 aromatic rings. The number of benzene rings is 3. The maximum Gasteiger partial charge on any atom is 0.419 e. The van der Waals surface area contributed by atoms with Crippen molar-refractivity contribution < 1.29 is 39.7 Å². The number of fused-ring (bicyclic) bond motifs is 4. The molecule has 0 saturated heterocycles. The molecule has 3 aromatic carbocycles. The Kier molecular flexibility index (Phi) is 5.96. The van der Waals surface area contributed by atoms with E-state index in [2.05, 4.69) is 13.8 Å². The zero-order valence-electron chi connectivity index (χ0n) is 20.9. The summed E-state index contributed by atoms with van der Waals surface area (Å²) in [6.45, 7) is 5.43. The highest BCUT2D eigenvalue weighted by atomic mass is 19.4. The van der Waals surface area contributed by atoms with Crippen LogP contribution in [0.15, 0.2) is 53.1 Å². The molecule has 38 heavy (non-hydrogen) atoms. The van der Waals surface area contributed by atoms with E-state index in [1.807, 2.05) is 18.2 Å². The molecule has 0 N–H and O–H groups in total. The van der Waals surface area contributed by atoms with Gasteiger partial charge >= 0.3 is 12.4 Å². The first kappa shape index (κ1) is 26.0. The maximum absolute atomic E-state index is 14.5. The number of nitrogens with zero attached hydrogens (tertiary/aromatic N) is 1. The van der Waals surface area contributed by atoms with Crippen LogP contribution in [-0.4, -0.2) is 0 Å². The SMILES string of the molecule is Cc1c(C(F)(F)F)cc2c(oc3cc(C(F)(F)F)c(F)cc32)c1-c1c2cccc(CC(C)C)c2cc[n+]1C. The highest BCUT2D eigenvalue weighted by Gasteiger charge is 2.38. The topological polar surface area (TPSA) is 17.0 Å². The predicted molar refractivity (Wildman–Crippen MR) is 131 cm³/mol. The van der Waals surface area contributed by atoms with Gasteiger partial charge in [0, 0.05) is 16.8 Å². The van der Waals surface area contributed by atoms with Crippen LogP contribution in [0.25, 0.3) is 44.0 Å². The largest absolute Gasteiger partial charge is 0.455 e. The average Bonchev–Trinajstić information content (AvgIpc) is 3.14. The molecule has 0 aliphatic carbocycles. The van der Waals surface area contributed by atoms with Gasteiger partial charge in [-0.05, 0) is 60.0 Å². The molecule has 0 aliphatic heterocycles. The molecule has 0 fully saturated rings. The van der Waals surface area contributed by atoms with E-state index in [4.69, 9.17) is 4.42 Å². The van der Waals surface area contributed by atoms with Crippen molar-refractivity contribution >= 4 is 32.7 Å². The number of furan rings is 1. The van der Waals surface area contributed by atoms with E-state index in [9.17, 15) is 30.7 Å². The van der Waals surface area contributed by atoms with Crippen molar-refractivity contribution in [3.63, 3.8) is 0 Å². The maximum atomic E-state index is 14.5. The van der Waals surface area contributed by atoms with Crippen LogP contribution in [0.1, 0.15) is 36.1 Å². The lowest BCUT2D eigenvalue weighted by atomic mass is 9.91. The van der Waals surface area contributed by atoms with Gasteiger partial charge in [-0.25, -0.2) is 8.96 Å². The number of alkyl halides is 6. The fourth-order valence-corrected chi connectivity index (χ4v) is 5.21. The van der Waals surface area contributed by atoms with Gasteiger partial charge in [-0.2, -0.15) is 26.3 Å². The fourth-order valence-electron chi connectivity index (χ4n) is 5.21. The average molecular weight is 534 g/mol. The molecule has 0 saturated carbocycles. The molecule has 0 bridgehead atoms. The van der Waals surface area contributed by atoms with Crippen LogP contribution in [0.3, 0.4) is 0 Å². The monoisotopic (exact) mass is 534 g/mol. The van der Waals surface area contributed by atoms with Gasteiger partial charge < -0.3 is 4.42 Å². The molecule has 198 valence electrons. The third kappa shape index (κ3) is 4.18. The third-order valence-electron chi connectivity index (χ3n) is 6.86. The van der Waals surface area contributed by atoms with Crippen molar-refractivity contribution in [2.24, 2.45) is 13.0 Å². The standard InChI is InChI=1S/C29H23F7NO/c1-14(2)10-16-6-5-7-18-17(16)8-9-37(4)26(18)25-15(3)21(28(31,32)33)11-20-19-12-23(30)22(29(34,35)36)13-24(19)38-27(20)25/h5-9,11-14H,10H2,1-4H3/q+1. The minimum atomic E-state index is -5.00. The van der Waals surface area contributed by atoms with Crippen molar-refractivity contribution in [3.8, 4) is 11.3 Å². The molecule has 0 spiro atoms. The Bertz CT molecular complexity index is 1730. The van der Waals surface area contributed by atoms with Crippen LogP contribution >= 0.6 is 0 Å². The minimum absolute atomic E-state index is 0.0402. The van der Waals surface area contributed by atoms with Crippen molar-refractivity contribution in [1.29, 1.82) is 0 Å². The van der Waals surface area contributed by atoms with Gasteiger partial charge in [-0.15, -0.1) is 0 Å². The molecule has 9 heteroatoms. The summed E-state index contributed by atoms with van der Waals surface area (Å²) in [6, 6.07) is 9.39. The Hall–Kier alpha value is -3.62. The number of aromatic nitrogens is 1. The van der Waals surface area contributed by atoms with Crippen molar-refractivity contribution in [2.45, 2.75) is 39.5 Å². The van der Waals surface area contributed by atoms with Gasteiger partial charge in [0.25, 0.3) is 0 Å². The fraction of sp³-hybridized carbons (Fsp3) is 0.276. The lowest BCUT2D eigenvalue weighted by Gasteiger charge is -2.16. The molecule has 0 aliphatic rings. The van der Waals surface area contributed by atoms with Crippen molar-refractivity contribution in [2.75, 3.05) is 0 Å². The van der Waals surface area contributed by atoms with Gasteiger partial charge in [-0.1, -0.05) is 26.0 Å². The second kappa shape index (κ2) is 8.71. The van der Waals surface area contributed by atoms with Crippen LogP contribution in [0.4, 0.5) is 30.7 Å². The summed E-state index contributed by atoms with van der Waals surface area (Å²) in [5, 5.41) is 1.23. The summed E-state index contributed by atoms with van der Waals surface area (Å²) in [7, 11) is 1.68. The highest BCUT2D eigenvalue weighted by molar-refractivity contribution is 6.12. The van der Waals surface area contributed by atoms with Gasteiger partial charge in [0.2, 0.25) is 5.69 Å². The summed E-state index contributed by atoms with van der Waals surface area (Å²) in [5.41, 5.74) is -1.53. The number of hydrogen-bond donors (Lipinski definition) is 0. The zero-order valence-corrected chi connectivity index (χ0v) is 20.9. The van der Waals surface area contributed by atoms with Gasteiger partial charge in [0.05, 0.1) is 22.1 Å². The summed E-state index contributed by atoms with van der Waals surface area (Å²) in [6.07, 6.45) is -7.29. The number of aryl methyl sites for hydroxylation is 1.